The van der Waals surface area contributed by atoms with Crippen LogP contribution in [0.15, 0.2) is 0 Å². The summed E-state index contributed by atoms with van der Waals surface area (Å²) in [4.78, 5) is 22.5. The first-order chi connectivity index (χ1) is 6.68. The van der Waals surface area contributed by atoms with Crippen LogP contribution in [0.2, 0.25) is 0 Å². The molecule has 1 saturated carbocycles. The minimum atomic E-state index is -0.400. The van der Waals surface area contributed by atoms with E-state index in [4.69, 9.17) is 0 Å². The Morgan fingerprint density at radius 3 is 2.43 bits per heavy atom. The predicted molar refractivity (Wildman–Crippen MR) is 50.7 cm³/mol. The lowest BCUT2D eigenvalue weighted by Gasteiger charge is -2.32. The number of amides is 3. The van der Waals surface area contributed by atoms with Crippen molar-refractivity contribution in [2.24, 2.45) is 0 Å². The molecule has 1 aliphatic heterocycles. The van der Waals surface area contributed by atoms with Crippen LogP contribution in [0, 0.1) is 0 Å². The van der Waals surface area contributed by atoms with E-state index in [0.29, 0.717) is 0 Å². The molecule has 2 fully saturated rings. The topological polar surface area (TPSA) is 70.2 Å². The van der Waals surface area contributed by atoms with Crippen molar-refractivity contribution in [3.8, 4) is 0 Å². The second-order valence-corrected chi connectivity index (χ2v) is 4.01. The van der Waals surface area contributed by atoms with Crippen LogP contribution < -0.4 is 16.0 Å². The summed E-state index contributed by atoms with van der Waals surface area (Å²) in [6.07, 6.45) is 4.12. The van der Waals surface area contributed by atoms with Crippen molar-refractivity contribution in [3.63, 3.8) is 0 Å². The van der Waals surface area contributed by atoms with E-state index in [1.165, 1.54) is 0 Å². The minimum Gasteiger partial charge on any atom is -0.324 e. The summed E-state index contributed by atoms with van der Waals surface area (Å²) in [6.45, 7) is 0. The molecule has 1 saturated heterocycles. The number of nitrogens with one attached hydrogen (secondary N) is 3. The van der Waals surface area contributed by atoms with Crippen molar-refractivity contribution in [2.45, 2.75) is 37.3 Å². The van der Waals surface area contributed by atoms with Gasteiger partial charge in [0.05, 0.1) is 0 Å². The molecule has 1 atom stereocenters. The molecule has 1 heterocycles. The van der Waals surface area contributed by atoms with Gasteiger partial charge in [0.1, 0.15) is 6.04 Å². The maximum absolute atomic E-state index is 11.5. The molecule has 0 aromatic carbocycles. The third-order valence-corrected chi connectivity index (χ3v) is 3.32. The van der Waals surface area contributed by atoms with Gasteiger partial charge >= 0.3 is 6.03 Å². The van der Waals surface area contributed by atoms with E-state index >= 15 is 0 Å². The molecule has 3 N–H and O–H groups in total. The van der Waals surface area contributed by atoms with Gasteiger partial charge in [-0.3, -0.25) is 10.1 Å². The molecule has 14 heavy (non-hydrogen) atoms. The zero-order valence-electron chi connectivity index (χ0n) is 8.22. The summed E-state index contributed by atoms with van der Waals surface area (Å²) in [7, 11) is 1.85. The van der Waals surface area contributed by atoms with Gasteiger partial charge in [0, 0.05) is 5.54 Å². The lowest BCUT2D eigenvalue weighted by Crippen LogP contribution is -2.58. The predicted octanol–water partition coefficient (Wildman–Crippen LogP) is -0.273. The lowest BCUT2D eigenvalue weighted by molar-refractivity contribution is -0.121. The summed E-state index contributed by atoms with van der Waals surface area (Å²) in [5.74, 6) is -0.203. The molecular weight excluding hydrogens is 182 g/mol. The molecule has 1 aliphatic carbocycles. The second-order valence-electron chi connectivity index (χ2n) is 4.01. The summed E-state index contributed by atoms with van der Waals surface area (Å²) >= 11 is 0. The molecule has 5 nitrogen and oxygen atoms in total. The highest BCUT2D eigenvalue weighted by Crippen LogP contribution is 2.33. The van der Waals surface area contributed by atoms with Gasteiger partial charge in [-0.2, -0.15) is 0 Å². The zero-order valence-corrected chi connectivity index (χ0v) is 8.22. The SMILES string of the molecule is CNC1(C2NC(=O)NC2=O)CCCC1. The second kappa shape index (κ2) is 3.24. The average molecular weight is 197 g/mol. The zero-order chi connectivity index (χ0) is 10.2. The molecule has 0 radical (unpaired) electrons. The van der Waals surface area contributed by atoms with Crippen LogP contribution >= 0.6 is 0 Å². The third kappa shape index (κ3) is 1.28. The van der Waals surface area contributed by atoms with Crippen LogP contribution in [0.3, 0.4) is 0 Å². The van der Waals surface area contributed by atoms with E-state index in [1.54, 1.807) is 0 Å². The standard InChI is InChI=1S/C9H15N3O2/c1-10-9(4-2-3-5-9)6-7(13)12-8(14)11-6/h6,10H,2-5H2,1H3,(H2,11,12,13,14). The first kappa shape index (κ1) is 9.45. The number of carbonyl (C=O) groups is 2. The Morgan fingerprint density at radius 2 is 2.00 bits per heavy atom. The fourth-order valence-corrected chi connectivity index (χ4v) is 2.49. The largest absolute Gasteiger partial charge is 0.324 e. The Kier molecular flexibility index (Phi) is 2.19. The van der Waals surface area contributed by atoms with Crippen LogP contribution in [0.1, 0.15) is 25.7 Å². The van der Waals surface area contributed by atoms with Gasteiger partial charge in [-0.25, -0.2) is 4.79 Å². The van der Waals surface area contributed by atoms with Crippen molar-refractivity contribution in [1.29, 1.82) is 0 Å². The van der Waals surface area contributed by atoms with Gasteiger partial charge in [0.15, 0.2) is 0 Å². The number of rotatable bonds is 2. The highest BCUT2D eigenvalue weighted by molar-refractivity contribution is 6.05. The first-order valence-electron chi connectivity index (χ1n) is 4.98. The quantitative estimate of drug-likeness (QED) is 0.533. The Balaban J connectivity index is 2.19. The van der Waals surface area contributed by atoms with Crippen molar-refractivity contribution in [1.82, 2.24) is 16.0 Å². The molecule has 2 rings (SSSR count). The fourth-order valence-electron chi connectivity index (χ4n) is 2.49. The van der Waals surface area contributed by atoms with E-state index in [2.05, 4.69) is 16.0 Å². The molecule has 5 heteroatoms. The maximum Gasteiger partial charge on any atom is 0.322 e. The summed E-state index contributed by atoms with van der Waals surface area (Å²) < 4.78 is 0. The lowest BCUT2D eigenvalue weighted by atomic mass is 9.88. The van der Waals surface area contributed by atoms with Gasteiger partial charge in [0.25, 0.3) is 5.91 Å². The van der Waals surface area contributed by atoms with Crippen LogP contribution in [0.4, 0.5) is 4.79 Å². The number of hydrogen-bond donors (Lipinski definition) is 3. The monoisotopic (exact) mass is 197 g/mol. The normalized spacial score (nSPS) is 30.2. The van der Waals surface area contributed by atoms with Crippen LogP contribution in [0.5, 0.6) is 0 Å². The average Bonchev–Trinajstić information content (AvgIpc) is 2.73. The Labute approximate surface area is 82.6 Å². The van der Waals surface area contributed by atoms with E-state index in [-0.39, 0.29) is 17.5 Å². The van der Waals surface area contributed by atoms with Crippen LogP contribution in [-0.4, -0.2) is 30.6 Å². The van der Waals surface area contributed by atoms with Gasteiger partial charge in [-0.15, -0.1) is 0 Å². The molecular formula is C9H15N3O2. The fraction of sp³-hybridized carbons (Fsp3) is 0.778. The molecule has 0 aromatic rings. The number of urea groups is 1. The first-order valence-corrected chi connectivity index (χ1v) is 4.98. The van der Waals surface area contributed by atoms with Crippen LogP contribution in [-0.2, 0) is 4.79 Å². The minimum absolute atomic E-state index is 0.203. The van der Waals surface area contributed by atoms with Crippen LogP contribution in [0.25, 0.3) is 0 Å². The Bertz CT molecular complexity index is 271. The van der Waals surface area contributed by atoms with Crippen molar-refractivity contribution in [2.75, 3.05) is 7.05 Å². The van der Waals surface area contributed by atoms with E-state index < -0.39 is 6.04 Å². The number of likely N-dealkylation sites (N-methyl/N-ethyl adjacent to an activating group) is 1. The van der Waals surface area contributed by atoms with Gasteiger partial charge in [-0.1, -0.05) is 12.8 Å². The van der Waals surface area contributed by atoms with Crippen molar-refractivity contribution < 1.29 is 9.59 Å². The third-order valence-electron chi connectivity index (χ3n) is 3.32. The van der Waals surface area contributed by atoms with Crippen molar-refractivity contribution >= 4 is 11.9 Å². The van der Waals surface area contributed by atoms with Gasteiger partial charge in [-0.05, 0) is 19.9 Å². The molecule has 0 spiro atoms. The van der Waals surface area contributed by atoms with E-state index in [1.807, 2.05) is 7.05 Å². The van der Waals surface area contributed by atoms with E-state index in [9.17, 15) is 9.59 Å². The molecule has 78 valence electrons. The maximum atomic E-state index is 11.5. The molecule has 0 aromatic heterocycles. The summed E-state index contributed by atoms with van der Waals surface area (Å²) in [5.41, 5.74) is -0.226. The molecule has 0 bridgehead atoms. The molecule has 3 amide bonds. The Morgan fingerprint density at radius 1 is 1.36 bits per heavy atom. The molecule has 1 unspecified atom stereocenters. The van der Waals surface area contributed by atoms with E-state index in [0.717, 1.165) is 25.7 Å². The molecule has 2 aliphatic rings. The van der Waals surface area contributed by atoms with Gasteiger partial charge in [0.2, 0.25) is 0 Å². The highest BCUT2D eigenvalue weighted by atomic mass is 16.2. The Hall–Kier alpha value is -1.10. The number of hydrogen-bond acceptors (Lipinski definition) is 3. The number of imide groups is 1. The number of carbonyl (C=O) groups excluding carboxylic acids is 2. The smallest absolute Gasteiger partial charge is 0.322 e. The highest BCUT2D eigenvalue weighted by Gasteiger charge is 2.47. The summed E-state index contributed by atoms with van der Waals surface area (Å²) in [6, 6.07) is -0.774. The van der Waals surface area contributed by atoms with Gasteiger partial charge < -0.3 is 10.6 Å². The summed E-state index contributed by atoms with van der Waals surface area (Å²) in [5, 5.41) is 8.14. The van der Waals surface area contributed by atoms with Crippen molar-refractivity contribution in [3.05, 3.63) is 0 Å².